The Morgan fingerprint density at radius 1 is 1.43 bits per heavy atom. The van der Waals surface area contributed by atoms with Gasteiger partial charge in [-0.2, -0.15) is 0 Å². The Balaban J connectivity index is 2.05. The molecule has 5 heteroatoms. The van der Waals surface area contributed by atoms with Gasteiger partial charge in [0.1, 0.15) is 12.4 Å². The van der Waals surface area contributed by atoms with E-state index in [4.69, 9.17) is 9.47 Å². The molecule has 1 aliphatic rings. The maximum absolute atomic E-state index is 11.3. The van der Waals surface area contributed by atoms with Crippen molar-refractivity contribution in [3.63, 3.8) is 0 Å². The predicted octanol–water partition coefficient (Wildman–Crippen LogP) is 2.30. The molecule has 0 aliphatic carbocycles. The molecule has 1 fully saturated rings. The van der Waals surface area contributed by atoms with Crippen LogP contribution < -0.4 is 4.74 Å². The Bertz CT molecular complexity index is 512. The standard InChI is InChI=1S/C16H21NO4/c1-16(12-18,13-4-6-14(20-2)7-5-13)8-3-9-17-10-11-21-15(17)19/h3-7,9,18H,8,10-12H2,1-2H3/b9-3+. The Hall–Kier alpha value is -2.01. The summed E-state index contributed by atoms with van der Waals surface area (Å²) in [6.07, 6.45) is 3.93. The van der Waals surface area contributed by atoms with Crippen LogP contribution in [0.1, 0.15) is 18.9 Å². The molecule has 1 N–H and O–H groups in total. The minimum absolute atomic E-state index is 0.0219. The van der Waals surface area contributed by atoms with Crippen molar-refractivity contribution in [2.45, 2.75) is 18.8 Å². The van der Waals surface area contributed by atoms with Crippen LogP contribution >= 0.6 is 0 Å². The third-order valence-corrected chi connectivity index (χ3v) is 3.78. The van der Waals surface area contributed by atoms with Crippen LogP contribution in [0.5, 0.6) is 5.75 Å². The number of benzene rings is 1. The van der Waals surface area contributed by atoms with Gasteiger partial charge in [0.05, 0.1) is 20.3 Å². The van der Waals surface area contributed by atoms with E-state index >= 15 is 0 Å². The van der Waals surface area contributed by atoms with Crippen molar-refractivity contribution in [3.8, 4) is 5.75 Å². The topological polar surface area (TPSA) is 59.0 Å². The number of hydrogen-bond donors (Lipinski definition) is 1. The van der Waals surface area contributed by atoms with Crippen molar-refractivity contribution in [2.75, 3.05) is 26.9 Å². The molecule has 0 saturated carbocycles. The van der Waals surface area contributed by atoms with Crippen molar-refractivity contribution in [1.29, 1.82) is 0 Å². The smallest absolute Gasteiger partial charge is 0.413 e. The van der Waals surface area contributed by atoms with Crippen LogP contribution in [0.15, 0.2) is 36.5 Å². The summed E-state index contributed by atoms with van der Waals surface area (Å²) in [5, 5.41) is 9.74. The highest BCUT2D eigenvalue weighted by Gasteiger charge is 2.25. The van der Waals surface area contributed by atoms with Crippen LogP contribution in [-0.2, 0) is 10.2 Å². The highest BCUT2D eigenvalue weighted by Crippen LogP contribution is 2.29. The molecule has 1 amide bonds. The summed E-state index contributed by atoms with van der Waals surface area (Å²) in [7, 11) is 1.62. The van der Waals surface area contributed by atoms with E-state index < -0.39 is 5.41 Å². The molecule has 1 atom stereocenters. The van der Waals surface area contributed by atoms with Crippen LogP contribution in [0.4, 0.5) is 4.79 Å². The minimum Gasteiger partial charge on any atom is -0.497 e. The first-order valence-electron chi connectivity index (χ1n) is 6.94. The van der Waals surface area contributed by atoms with Gasteiger partial charge in [-0.15, -0.1) is 0 Å². The molecule has 1 aromatic carbocycles. The maximum atomic E-state index is 11.3. The van der Waals surface area contributed by atoms with Crippen LogP contribution in [-0.4, -0.2) is 43.0 Å². The normalized spacial score (nSPS) is 17.9. The maximum Gasteiger partial charge on any atom is 0.413 e. The van der Waals surface area contributed by atoms with Crippen molar-refractivity contribution < 1.29 is 19.4 Å². The number of carbonyl (C=O) groups excluding carboxylic acids is 1. The van der Waals surface area contributed by atoms with E-state index in [1.807, 2.05) is 37.3 Å². The lowest BCUT2D eigenvalue weighted by Crippen LogP contribution is -2.26. The molecular weight excluding hydrogens is 270 g/mol. The van der Waals surface area contributed by atoms with E-state index in [2.05, 4.69) is 0 Å². The lowest BCUT2D eigenvalue weighted by atomic mass is 9.80. The van der Waals surface area contributed by atoms with Gasteiger partial charge in [0.15, 0.2) is 0 Å². The first-order chi connectivity index (χ1) is 10.1. The Morgan fingerprint density at radius 3 is 2.67 bits per heavy atom. The van der Waals surface area contributed by atoms with Gasteiger partial charge in [0, 0.05) is 11.6 Å². The zero-order chi connectivity index (χ0) is 15.3. The fourth-order valence-corrected chi connectivity index (χ4v) is 2.25. The summed E-state index contributed by atoms with van der Waals surface area (Å²) >= 11 is 0. The fraction of sp³-hybridized carbons (Fsp3) is 0.438. The highest BCUT2D eigenvalue weighted by atomic mass is 16.6. The molecule has 0 radical (unpaired) electrons. The van der Waals surface area contributed by atoms with Crippen LogP contribution in [0, 0.1) is 0 Å². The summed E-state index contributed by atoms with van der Waals surface area (Å²) in [6.45, 7) is 3.02. The van der Waals surface area contributed by atoms with E-state index in [-0.39, 0.29) is 12.7 Å². The molecule has 21 heavy (non-hydrogen) atoms. The number of amides is 1. The average Bonchev–Trinajstić information content (AvgIpc) is 2.92. The average molecular weight is 291 g/mol. The SMILES string of the molecule is COc1ccc(C(C)(CO)C/C=C/N2CCOC2=O)cc1. The number of methoxy groups -OCH3 is 1. The Labute approximate surface area is 124 Å². The van der Waals surface area contributed by atoms with Crippen molar-refractivity contribution in [1.82, 2.24) is 4.90 Å². The van der Waals surface area contributed by atoms with Gasteiger partial charge >= 0.3 is 6.09 Å². The largest absolute Gasteiger partial charge is 0.497 e. The molecule has 1 aromatic rings. The molecule has 1 saturated heterocycles. The first-order valence-corrected chi connectivity index (χ1v) is 6.94. The second-order valence-electron chi connectivity index (χ2n) is 5.34. The molecule has 0 aromatic heterocycles. The van der Waals surface area contributed by atoms with Gasteiger partial charge in [0.25, 0.3) is 0 Å². The summed E-state index contributed by atoms with van der Waals surface area (Å²) < 4.78 is 10.00. The molecule has 0 bridgehead atoms. The number of rotatable bonds is 6. The van der Waals surface area contributed by atoms with E-state index in [1.165, 1.54) is 4.90 Å². The van der Waals surface area contributed by atoms with E-state index in [1.54, 1.807) is 13.3 Å². The quantitative estimate of drug-likeness (QED) is 0.873. The number of aliphatic hydroxyl groups is 1. The molecule has 2 rings (SSSR count). The van der Waals surface area contributed by atoms with Crippen molar-refractivity contribution in [3.05, 3.63) is 42.1 Å². The number of carbonyl (C=O) groups is 1. The number of aliphatic hydroxyl groups excluding tert-OH is 1. The van der Waals surface area contributed by atoms with Crippen LogP contribution in [0.3, 0.4) is 0 Å². The molecule has 1 heterocycles. The Morgan fingerprint density at radius 2 is 2.14 bits per heavy atom. The predicted molar refractivity (Wildman–Crippen MR) is 79.2 cm³/mol. The highest BCUT2D eigenvalue weighted by molar-refractivity contribution is 5.70. The third-order valence-electron chi connectivity index (χ3n) is 3.78. The second kappa shape index (κ2) is 6.63. The minimum atomic E-state index is -0.396. The van der Waals surface area contributed by atoms with Gasteiger partial charge in [-0.05, 0) is 24.1 Å². The molecule has 1 aliphatic heterocycles. The molecule has 1 unspecified atom stereocenters. The van der Waals surface area contributed by atoms with Crippen LogP contribution in [0.25, 0.3) is 0 Å². The van der Waals surface area contributed by atoms with Gasteiger partial charge in [-0.3, -0.25) is 4.90 Å². The number of allylic oxidation sites excluding steroid dienone is 1. The van der Waals surface area contributed by atoms with Gasteiger partial charge < -0.3 is 14.6 Å². The van der Waals surface area contributed by atoms with Gasteiger partial charge in [0.2, 0.25) is 0 Å². The lowest BCUT2D eigenvalue weighted by Gasteiger charge is -2.27. The summed E-state index contributed by atoms with van der Waals surface area (Å²) in [5.74, 6) is 0.786. The number of hydrogen-bond acceptors (Lipinski definition) is 4. The first kappa shape index (κ1) is 15.4. The van der Waals surface area contributed by atoms with Gasteiger partial charge in [-0.25, -0.2) is 4.79 Å². The molecule has 0 spiro atoms. The van der Waals surface area contributed by atoms with E-state index in [0.717, 1.165) is 11.3 Å². The number of ether oxygens (including phenoxy) is 2. The molecular formula is C16H21NO4. The molecule has 5 nitrogen and oxygen atoms in total. The summed E-state index contributed by atoms with van der Waals surface area (Å²) in [4.78, 5) is 12.9. The van der Waals surface area contributed by atoms with Crippen molar-refractivity contribution >= 4 is 6.09 Å². The third kappa shape index (κ3) is 3.55. The second-order valence-corrected chi connectivity index (χ2v) is 5.34. The van der Waals surface area contributed by atoms with Gasteiger partial charge in [-0.1, -0.05) is 25.1 Å². The van der Waals surface area contributed by atoms with E-state index in [9.17, 15) is 9.90 Å². The number of cyclic esters (lactones) is 1. The Kier molecular flexibility index (Phi) is 4.85. The fourth-order valence-electron chi connectivity index (χ4n) is 2.25. The monoisotopic (exact) mass is 291 g/mol. The van der Waals surface area contributed by atoms with Crippen molar-refractivity contribution in [2.24, 2.45) is 0 Å². The van der Waals surface area contributed by atoms with E-state index in [0.29, 0.717) is 19.6 Å². The lowest BCUT2D eigenvalue weighted by molar-refractivity contribution is 0.166. The zero-order valence-electron chi connectivity index (χ0n) is 12.4. The summed E-state index contributed by atoms with van der Waals surface area (Å²) in [6, 6.07) is 7.66. The van der Waals surface area contributed by atoms with Crippen LogP contribution in [0.2, 0.25) is 0 Å². The molecule has 114 valence electrons. The zero-order valence-corrected chi connectivity index (χ0v) is 12.4. The number of nitrogens with zero attached hydrogens (tertiary/aromatic N) is 1. The summed E-state index contributed by atoms with van der Waals surface area (Å²) in [5.41, 5.74) is 0.631.